The van der Waals surface area contributed by atoms with Crippen LogP contribution in [0.4, 0.5) is 4.39 Å². The van der Waals surface area contributed by atoms with Crippen LogP contribution in [0.1, 0.15) is 46.5 Å². The summed E-state index contributed by atoms with van der Waals surface area (Å²) in [4.78, 5) is 7.53. The number of nitrogens with one attached hydrogen (secondary N) is 1. The molecule has 120 valence electrons. The van der Waals surface area contributed by atoms with Gasteiger partial charge in [-0.3, -0.25) is 4.98 Å². The molecule has 0 aliphatic rings. The maximum Gasteiger partial charge on any atom is 0.129 e. The quantitative estimate of drug-likeness (QED) is 0.739. The van der Waals surface area contributed by atoms with Gasteiger partial charge in [0.1, 0.15) is 11.9 Å². The predicted molar refractivity (Wildman–Crippen MR) is 94.3 cm³/mol. The Bertz CT molecular complexity index is 975. The molecule has 0 amide bonds. The van der Waals surface area contributed by atoms with Crippen molar-refractivity contribution in [3.05, 3.63) is 70.4 Å². The Morgan fingerprint density at radius 1 is 1.38 bits per heavy atom. The molecule has 24 heavy (non-hydrogen) atoms. The van der Waals surface area contributed by atoms with Crippen LogP contribution in [-0.4, -0.2) is 9.97 Å². The van der Waals surface area contributed by atoms with Crippen molar-refractivity contribution in [2.24, 2.45) is 0 Å². The van der Waals surface area contributed by atoms with Gasteiger partial charge in [-0.2, -0.15) is 5.26 Å². The van der Waals surface area contributed by atoms with Crippen LogP contribution in [0, 0.1) is 31.0 Å². The van der Waals surface area contributed by atoms with Crippen molar-refractivity contribution < 1.29 is 4.39 Å². The van der Waals surface area contributed by atoms with Crippen molar-refractivity contribution >= 4 is 17.0 Å². The third-order valence-corrected chi connectivity index (χ3v) is 4.64. The van der Waals surface area contributed by atoms with Gasteiger partial charge in [-0.25, -0.2) is 4.39 Å². The molecule has 0 unspecified atom stereocenters. The number of nitrogens with zero attached hydrogens (tertiary/aromatic N) is 2. The van der Waals surface area contributed by atoms with Crippen LogP contribution in [0.25, 0.3) is 17.0 Å². The van der Waals surface area contributed by atoms with Gasteiger partial charge in [0.2, 0.25) is 0 Å². The Hall–Kier alpha value is -2.93. The number of pyridine rings is 1. The molecule has 2 heterocycles. The maximum atomic E-state index is 14.8. The number of hydrogen-bond acceptors (Lipinski definition) is 2. The van der Waals surface area contributed by atoms with Crippen LogP contribution < -0.4 is 0 Å². The molecule has 2 aromatic heterocycles. The van der Waals surface area contributed by atoms with E-state index in [1.165, 1.54) is 6.07 Å². The molecule has 1 aromatic carbocycles. The number of aromatic amines is 1. The number of halogens is 1. The minimum absolute atomic E-state index is 0.180. The largest absolute Gasteiger partial charge is 0.357 e. The minimum atomic E-state index is -0.360. The Morgan fingerprint density at radius 3 is 2.71 bits per heavy atom. The van der Waals surface area contributed by atoms with Gasteiger partial charge in [0, 0.05) is 28.8 Å². The second kappa shape index (κ2) is 5.93. The molecule has 1 atom stereocenters. The van der Waals surface area contributed by atoms with Gasteiger partial charge in [0.15, 0.2) is 0 Å². The lowest BCUT2D eigenvalue weighted by Gasteiger charge is -2.16. The van der Waals surface area contributed by atoms with Crippen molar-refractivity contribution in [2.75, 3.05) is 0 Å². The highest BCUT2D eigenvalue weighted by Crippen LogP contribution is 2.36. The number of rotatable bonds is 3. The van der Waals surface area contributed by atoms with Crippen molar-refractivity contribution in [1.82, 2.24) is 9.97 Å². The average Bonchev–Trinajstić information content (AvgIpc) is 2.89. The van der Waals surface area contributed by atoms with Crippen LogP contribution >= 0.6 is 0 Å². The topological polar surface area (TPSA) is 52.5 Å². The normalized spacial score (nSPS) is 12.1. The molecule has 4 heteroatoms. The fraction of sp³-hybridized carbons (Fsp3) is 0.200. The highest BCUT2D eigenvalue weighted by Gasteiger charge is 2.22. The van der Waals surface area contributed by atoms with Gasteiger partial charge in [-0.15, -0.1) is 0 Å². The number of H-pyrrole nitrogens is 1. The summed E-state index contributed by atoms with van der Waals surface area (Å²) in [5.41, 5.74) is 5.24. The second-order valence-electron chi connectivity index (χ2n) is 6.00. The summed E-state index contributed by atoms with van der Waals surface area (Å²) in [6, 6.07) is 7.20. The highest BCUT2D eigenvalue weighted by molar-refractivity contribution is 5.92. The summed E-state index contributed by atoms with van der Waals surface area (Å²) in [6.45, 7) is 9.53. The van der Waals surface area contributed by atoms with E-state index < -0.39 is 0 Å². The summed E-state index contributed by atoms with van der Waals surface area (Å²) in [7, 11) is 0. The van der Waals surface area contributed by atoms with Crippen molar-refractivity contribution in [3.63, 3.8) is 0 Å². The second-order valence-corrected chi connectivity index (χ2v) is 6.00. The molecule has 0 saturated carbocycles. The first kappa shape index (κ1) is 15.9. The Kier molecular flexibility index (Phi) is 3.94. The van der Waals surface area contributed by atoms with E-state index in [2.05, 4.69) is 22.6 Å². The third-order valence-electron chi connectivity index (χ3n) is 4.64. The zero-order valence-corrected chi connectivity index (χ0v) is 13.9. The smallest absolute Gasteiger partial charge is 0.129 e. The van der Waals surface area contributed by atoms with Crippen LogP contribution in [0.3, 0.4) is 0 Å². The summed E-state index contributed by atoms with van der Waals surface area (Å²) in [5.74, 6) is -0.540. The summed E-state index contributed by atoms with van der Waals surface area (Å²) in [6.07, 6.45) is 3.43. The SMILES string of the molecule is C=Cc1ccc([C@@H](C)c2c(F)cc(C#N)c3[nH]c(C)c(C)c23)cn1. The zero-order valence-electron chi connectivity index (χ0n) is 13.9. The number of aromatic nitrogens is 2. The first-order valence-corrected chi connectivity index (χ1v) is 7.77. The molecule has 0 aliphatic heterocycles. The molecule has 0 saturated heterocycles. The van der Waals surface area contributed by atoms with E-state index in [9.17, 15) is 9.65 Å². The Balaban J connectivity index is 2.26. The van der Waals surface area contributed by atoms with Crippen LogP contribution in [0.2, 0.25) is 0 Å². The molecular formula is C20H18FN3. The fourth-order valence-electron chi connectivity index (χ4n) is 3.13. The number of hydrogen-bond donors (Lipinski definition) is 1. The molecule has 3 aromatic rings. The van der Waals surface area contributed by atoms with E-state index in [4.69, 9.17) is 0 Å². The van der Waals surface area contributed by atoms with Crippen LogP contribution in [0.5, 0.6) is 0 Å². The molecule has 0 radical (unpaired) electrons. The first-order chi connectivity index (χ1) is 11.5. The van der Waals surface area contributed by atoms with Gasteiger partial charge in [-0.05, 0) is 43.2 Å². The van der Waals surface area contributed by atoms with E-state index in [1.54, 1.807) is 12.3 Å². The molecule has 0 fully saturated rings. The lowest BCUT2D eigenvalue weighted by molar-refractivity contribution is 0.606. The third kappa shape index (κ3) is 2.39. The number of nitriles is 1. The highest BCUT2D eigenvalue weighted by atomic mass is 19.1. The monoisotopic (exact) mass is 319 g/mol. The van der Waals surface area contributed by atoms with E-state index in [0.717, 1.165) is 27.9 Å². The van der Waals surface area contributed by atoms with E-state index in [1.807, 2.05) is 32.9 Å². The standard InChI is InChI=1S/C20H18FN3/c1-5-16-7-6-14(10-23-16)12(3)18-17(21)8-15(9-22)20-19(18)11(2)13(4)24-20/h5-8,10,12,24H,1H2,2-4H3/t12-/m1/s1. The number of fused-ring (bicyclic) bond motifs is 1. The van der Waals surface area contributed by atoms with Crippen molar-refractivity contribution in [1.29, 1.82) is 5.26 Å². The molecule has 1 N–H and O–H groups in total. The summed E-state index contributed by atoms with van der Waals surface area (Å²) >= 11 is 0. The van der Waals surface area contributed by atoms with Gasteiger partial charge in [0.25, 0.3) is 0 Å². The Labute approximate surface area is 140 Å². The van der Waals surface area contributed by atoms with Crippen molar-refractivity contribution in [2.45, 2.75) is 26.7 Å². The molecule has 3 rings (SSSR count). The van der Waals surface area contributed by atoms with Crippen molar-refractivity contribution in [3.8, 4) is 6.07 Å². The lowest BCUT2D eigenvalue weighted by atomic mass is 9.88. The van der Waals surface area contributed by atoms with Gasteiger partial charge in [-0.1, -0.05) is 19.6 Å². The van der Waals surface area contributed by atoms with E-state index in [0.29, 0.717) is 16.6 Å². The number of benzene rings is 1. The van der Waals surface area contributed by atoms with Gasteiger partial charge < -0.3 is 4.98 Å². The first-order valence-electron chi connectivity index (χ1n) is 7.77. The molecule has 0 aliphatic carbocycles. The fourth-order valence-corrected chi connectivity index (χ4v) is 3.13. The van der Waals surface area contributed by atoms with Crippen LogP contribution in [-0.2, 0) is 0 Å². The Morgan fingerprint density at radius 2 is 2.12 bits per heavy atom. The summed E-state index contributed by atoms with van der Waals surface area (Å²) in [5, 5.41) is 10.1. The molecule has 3 nitrogen and oxygen atoms in total. The van der Waals surface area contributed by atoms with Crippen LogP contribution in [0.15, 0.2) is 31.0 Å². The minimum Gasteiger partial charge on any atom is -0.357 e. The van der Waals surface area contributed by atoms with Gasteiger partial charge in [0.05, 0.1) is 16.8 Å². The molecule has 0 bridgehead atoms. The van der Waals surface area contributed by atoms with E-state index in [-0.39, 0.29) is 11.7 Å². The predicted octanol–water partition coefficient (Wildman–Crippen LogP) is 4.99. The molecule has 0 spiro atoms. The van der Waals surface area contributed by atoms with Gasteiger partial charge >= 0.3 is 0 Å². The van der Waals surface area contributed by atoms with E-state index >= 15 is 0 Å². The zero-order chi connectivity index (χ0) is 17.4. The lowest BCUT2D eigenvalue weighted by Crippen LogP contribution is -2.03. The maximum absolute atomic E-state index is 14.8. The molecular weight excluding hydrogens is 301 g/mol. The summed E-state index contributed by atoms with van der Waals surface area (Å²) < 4.78 is 14.8. The average molecular weight is 319 g/mol. The number of aryl methyl sites for hydroxylation is 2.